The van der Waals surface area contributed by atoms with Crippen LogP contribution in [-0.4, -0.2) is 16.6 Å². The van der Waals surface area contributed by atoms with Crippen LogP contribution in [0, 0.1) is 18.8 Å². The summed E-state index contributed by atoms with van der Waals surface area (Å²) in [6, 6.07) is 7.97. The normalized spacial score (nSPS) is 26.5. The molecule has 1 aromatic rings. The van der Waals surface area contributed by atoms with Crippen molar-refractivity contribution in [2.45, 2.75) is 52.0 Å². The van der Waals surface area contributed by atoms with Crippen molar-refractivity contribution in [2.75, 3.05) is 5.32 Å². The van der Waals surface area contributed by atoms with Crippen LogP contribution in [0.25, 0.3) is 0 Å². The molecule has 0 saturated heterocycles. The van der Waals surface area contributed by atoms with Crippen LogP contribution in [0.15, 0.2) is 24.3 Å². The van der Waals surface area contributed by atoms with Crippen molar-refractivity contribution in [3.8, 4) is 0 Å². The Hall–Kier alpha value is -1.51. The van der Waals surface area contributed by atoms with Crippen molar-refractivity contribution in [1.82, 2.24) is 0 Å². The standard InChI is InChI=1S/C17H25NO2/c1-12(2)14-7-5-9-17(11-14,16(19)20)18-15-8-4-6-13(3)10-15/h4,6,8,10,12,14,18H,5,7,9,11H2,1-3H3,(H,19,20). The Morgan fingerprint density at radius 2 is 2.20 bits per heavy atom. The van der Waals surface area contributed by atoms with Crippen LogP contribution in [0.1, 0.15) is 45.1 Å². The quantitative estimate of drug-likeness (QED) is 0.870. The summed E-state index contributed by atoms with van der Waals surface area (Å²) in [5.74, 6) is 0.301. The highest BCUT2D eigenvalue weighted by atomic mass is 16.4. The van der Waals surface area contributed by atoms with Crippen LogP contribution in [-0.2, 0) is 4.79 Å². The first-order valence-corrected chi connectivity index (χ1v) is 7.51. The predicted molar refractivity (Wildman–Crippen MR) is 82.0 cm³/mol. The van der Waals surface area contributed by atoms with E-state index in [1.54, 1.807) is 0 Å². The van der Waals surface area contributed by atoms with E-state index in [2.05, 4.69) is 19.2 Å². The number of hydrogen-bond donors (Lipinski definition) is 2. The maximum atomic E-state index is 11.9. The molecular formula is C17H25NO2. The molecule has 2 N–H and O–H groups in total. The third kappa shape index (κ3) is 3.14. The molecule has 1 aliphatic rings. The van der Waals surface area contributed by atoms with E-state index in [1.807, 2.05) is 31.2 Å². The molecule has 2 unspecified atom stereocenters. The lowest BCUT2D eigenvalue weighted by Crippen LogP contribution is -2.50. The number of carboxylic acids is 1. The third-order valence-corrected chi connectivity index (χ3v) is 4.54. The molecule has 0 amide bonds. The van der Waals surface area contributed by atoms with Gasteiger partial charge in [-0.25, -0.2) is 4.79 Å². The molecule has 0 radical (unpaired) electrons. The van der Waals surface area contributed by atoms with E-state index in [0.29, 0.717) is 24.7 Å². The second kappa shape index (κ2) is 5.86. The average molecular weight is 275 g/mol. The van der Waals surface area contributed by atoms with Crippen molar-refractivity contribution in [3.05, 3.63) is 29.8 Å². The minimum absolute atomic E-state index is 0.483. The molecular weight excluding hydrogens is 250 g/mol. The van der Waals surface area contributed by atoms with Gasteiger partial charge in [-0.1, -0.05) is 32.4 Å². The fraction of sp³-hybridized carbons (Fsp3) is 0.588. The Bertz CT molecular complexity index is 484. The molecule has 0 bridgehead atoms. The molecule has 1 fully saturated rings. The average Bonchev–Trinajstić information content (AvgIpc) is 2.38. The Kier molecular flexibility index (Phi) is 4.36. The first-order valence-electron chi connectivity index (χ1n) is 7.51. The van der Waals surface area contributed by atoms with Gasteiger partial charge >= 0.3 is 5.97 Å². The summed E-state index contributed by atoms with van der Waals surface area (Å²) < 4.78 is 0. The first kappa shape index (κ1) is 14.9. The zero-order valence-electron chi connectivity index (χ0n) is 12.6. The van der Waals surface area contributed by atoms with Gasteiger partial charge in [-0.05, 0) is 55.7 Å². The molecule has 1 aromatic carbocycles. The van der Waals surface area contributed by atoms with Crippen molar-refractivity contribution < 1.29 is 9.90 Å². The fourth-order valence-corrected chi connectivity index (χ4v) is 3.25. The van der Waals surface area contributed by atoms with E-state index in [4.69, 9.17) is 0 Å². The summed E-state index contributed by atoms with van der Waals surface area (Å²) in [6.07, 6.45) is 3.55. The van der Waals surface area contributed by atoms with E-state index in [9.17, 15) is 9.90 Å². The second-order valence-electron chi connectivity index (χ2n) is 6.48. The maximum Gasteiger partial charge on any atom is 0.329 e. The molecule has 0 spiro atoms. The van der Waals surface area contributed by atoms with Crippen LogP contribution in [0.5, 0.6) is 0 Å². The number of anilines is 1. The van der Waals surface area contributed by atoms with E-state index in [-0.39, 0.29) is 0 Å². The van der Waals surface area contributed by atoms with Gasteiger partial charge in [0.15, 0.2) is 0 Å². The number of aliphatic carboxylic acids is 1. The van der Waals surface area contributed by atoms with Crippen LogP contribution < -0.4 is 5.32 Å². The van der Waals surface area contributed by atoms with E-state index >= 15 is 0 Å². The van der Waals surface area contributed by atoms with Gasteiger partial charge in [-0.15, -0.1) is 0 Å². The maximum absolute atomic E-state index is 11.9. The highest BCUT2D eigenvalue weighted by molar-refractivity contribution is 5.83. The molecule has 0 heterocycles. The highest BCUT2D eigenvalue weighted by Crippen LogP contribution is 2.38. The highest BCUT2D eigenvalue weighted by Gasteiger charge is 2.43. The molecule has 3 nitrogen and oxygen atoms in total. The minimum atomic E-state index is -0.805. The zero-order chi connectivity index (χ0) is 14.8. The monoisotopic (exact) mass is 275 g/mol. The van der Waals surface area contributed by atoms with Crippen LogP contribution >= 0.6 is 0 Å². The van der Waals surface area contributed by atoms with Crippen molar-refractivity contribution in [1.29, 1.82) is 0 Å². The zero-order valence-corrected chi connectivity index (χ0v) is 12.6. The van der Waals surface area contributed by atoms with Crippen LogP contribution in [0.2, 0.25) is 0 Å². The molecule has 110 valence electrons. The van der Waals surface area contributed by atoms with E-state index < -0.39 is 11.5 Å². The van der Waals surface area contributed by atoms with Crippen molar-refractivity contribution in [2.24, 2.45) is 11.8 Å². The van der Waals surface area contributed by atoms with E-state index in [0.717, 1.165) is 24.1 Å². The lowest BCUT2D eigenvalue weighted by atomic mass is 9.71. The number of rotatable bonds is 4. The fourth-order valence-electron chi connectivity index (χ4n) is 3.25. The minimum Gasteiger partial charge on any atom is -0.480 e. The van der Waals surface area contributed by atoms with Gasteiger partial charge in [0.1, 0.15) is 5.54 Å². The molecule has 0 aromatic heterocycles. The molecule has 1 aliphatic carbocycles. The summed E-state index contributed by atoms with van der Waals surface area (Å²) in [5, 5.41) is 13.1. The molecule has 1 saturated carbocycles. The van der Waals surface area contributed by atoms with Gasteiger partial charge < -0.3 is 10.4 Å². The molecule has 20 heavy (non-hydrogen) atoms. The number of nitrogens with one attached hydrogen (secondary N) is 1. The van der Waals surface area contributed by atoms with Gasteiger partial charge in [0.25, 0.3) is 0 Å². The smallest absolute Gasteiger partial charge is 0.329 e. The van der Waals surface area contributed by atoms with Crippen molar-refractivity contribution >= 4 is 11.7 Å². The number of carboxylic acid groups (broad SMARTS) is 1. The van der Waals surface area contributed by atoms with Crippen LogP contribution in [0.3, 0.4) is 0 Å². The topological polar surface area (TPSA) is 49.3 Å². The molecule has 0 aliphatic heterocycles. The summed E-state index contributed by atoms with van der Waals surface area (Å²) in [6.45, 7) is 6.40. The Labute approximate surface area is 121 Å². The lowest BCUT2D eigenvalue weighted by molar-refractivity contribution is -0.144. The number of benzene rings is 1. The Morgan fingerprint density at radius 3 is 2.80 bits per heavy atom. The number of carbonyl (C=O) groups is 1. The number of hydrogen-bond acceptors (Lipinski definition) is 2. The summed E-state index contributed by atoms with van der Waals surface area (Å²) in [4.78, 5) is 11.9. The molecule has 2 rings (SSSR count). The summed E-state index contributed by atoms with van der Waals surface area (Å²) in [7, 11) is 0. The number of aryl methyl sites for hydroxylation is 1. The largest absolute Gasteiger partial charge is 0.480 e. The lowest BCUT2D eigenvalue weighted by Gasteiger charge is -2.40. The van der Waals surface area contributed by atoms with Gasteiger partial charge in [0.05, 0.1) is 0 Å². The third-order valence-electron chi connectivity index (χ3n) is 4.54. The van der Waals surface area contributed by atoms with Gasteiger partial charge in [-0.2, -0.15) is 0 Å². The SMILES string of the molecule is Cc1cccc(NC2(C(=O)O)CCCC(C(C)C)C2)c1. The first-order chi connectivity index (χ1) is 9.43. The Balaban J connectivity index is 2.23. The van der Waals surface area contributed by atoms with E-state index in [1.165, 1.54) is 0 Å². The van der Waals surface area contributed by atoms with Crippen LogP contribution in [0.4, 0.5) is 5.69 Å². The predicted octanol–water partition coefficient (Wildman–Crippen LogP) is 4.08. The summed E-state index contributed by atoms with van der Waals surface area (Å²) >= 11 is 0. The van der Waals surface area contributed by atoms with Crippen molar-refractivity contribution in [3.63, 3.8) is 0 Å². The Morgan fingerprint density at radius 1 is 1.45 bits per heavy atom. The molecule has 3 heteroatoms. The second-order valence-corrected chi connectivity index (χ2v) is 6.48. The van der Waals surface area contributed by atoms with Gasteiger partial charge in [-0.3, -0.25) is 0 Å². The molecule has 2 atom stereocenters. The van der Waals surface area contributed by atoms with Gasteiger partial charge in [0.2, 0.25) is 0 Å². The van der Waals surface area contributed by atoms with Gasteiger partial charge in [0, 0.05) is 5.69 Å². The summed E-state index contributed by atoms with van der Waals surface area (Å²) in [5.41, 5.74) is 1.25.